The topological polar surface area (TPSA) is 68.8 Å². The van der Waals surface area contributed by atoms with Gasteiger partial charge in [0.1, 0.15) is 18.0 Å². The number of rotatable bonds is 6. The van der Waals surface area contributed by atoms with Crippen LogP contribution in [0.15, 0.2) is 24.5 Å². The van der Waals surface area contributed by atoms with E-state index < -0.39 is 5.82 Å². The van der Waals surface area contributed by atoms with Gasteiger partial charge in [0.15, 0.2) is 0 Å². The largest absolute Gasteiger partial charge is 0.271 e. The standard InChI is InChI=1S/C13H17ClFN5/c1-2-6-20-12(17-8-18-20)7-11(19-16)9-4-3-5-10(15)13(9)14/h3-5,8,11,19H,2,6-7,16H2,1H3. The molecule has 0 fully saturated rings. The van der Waals surface area contributed by atoms with E-state index in [0.29, 0.717) is 12.0 Å². The van der Waals surface area contributed by atoms with Gasteiger partial charge < -0.3 is 0 Å². The SMILES string of the molecule is CCCn1ncnc1CC(NN)c1cccc(F)c1Cl. The van der Waals surface area contributed by atoms with Crippen molar-refractivity contribution >= 4 is 11.6 Å². The molecule has 0 bridgehead atoms. The molecule has 0 radical (unpaired) electrons. The fourth-order valence-corrected chi connectivity index (χ4v) is 2.33. The summed E-state index contributed by atoms with van der Waals surface area (Å²) in [5.74, 6) is 5.90. The highest BCUT2D eigenvalue weighted by Crippen LogP contribution is 2.27. The summed E-state index contributed by atoms with van der Waals surface area (Å²) in [6, 6.07) is 4.35. The van der Waals surface area contributed by atoms with E-state index in [0.717, 1.165) is 18.8 Å². The lowest BCUT2D eigenvalue weighted by molar-refractivity contribution is 0.496. The van der Waals surface area contributed by atoms with Gasteiger partial charge in [-0.15, -0.1) is 0 Å². The highest BCUT2D eigenvalue weighted by Gasteiger charge is 2.18. The number of hydrogen-bond donors (Lipinski definition) is 2. The Kier molecular flexibility index (Phi) is 5.05. The molecule has 108 valence electrons. The van der Waals surface area contributed by atoms with E-state index in [-0.39, 0.29) is 11.1 Å². The summed E-state index contributed by atoms with van der Waals surface area (Å²) in [6.45, 7) is 2.84. The Hall–Kier alpha value is -1.50. The highest BCUT2D eigenvalue weighted by molar-refractivity contribution is 6.31. The zero-order valence-corrected chi connectivity index (χ0v) is 11.9. The number of benzene rings is 1. The molecule has 1 atom stereocenters. The number of nitrogens with two attached hydrogens (primary N) is 1. The van der Waals surface area contributed by atoms with Crippen LogP contribution in [0.25, 0.3) is 0 Å². The zero-order valence-electron chi connectivity index (χ0n) is 11.2. The van der Waals surface area contributed by atoms with Crippen molar-refractivity contribution < 1.29 is 4.39 Å². The number of aryl methyl sites for hydroxylation is 1. The highest BCUT2D eigenvalue weighted by atomic mass is 35.5. The van der Waals surface area contributed by atoms with Gasteiger partial charge in [0.05, 0.1) is 11.1 Å². The van der Waals surface area contributed by atoms with Crippen molar-refractivity contribution in [3.05, 3.63) is 46.8 Å². The fraction of sp³-hybridized carbons (Fsp3) is 0.385. The Morgan fingerprint density at radius 3 is 3.00 bits per heavy atom. The maximum Gasteiger partial charge on any atom is 0.142 e. The van der Waals surface area contributed by atoms with E-state index >= 15 is 0 Å². The van der Waals surface area contributed by atoms with Gasteiger partial charge in [-0.05, 0) is 18.1 Å². The molecule has 0 saturated heterocycles. The number of hydrazine groups is 1. The average molecular weight is 298 g/mol. The first-order chi connectivity index (χ1) is 9.67. The number of hydrogen-bond acceptors (Lipinski definition) is 4. The third-order valence-electron chi connectivity index (χ3n) is 3.08. The second-order valence-electron chi connectivity index (χ2n) is 4.47. The van der Waals surface area contributed by atoms with E-state index in [1.54, 1.807) is 12.1 Å². The van der Waals surface area contributed by atoms with Crippen LogP contribution in [0, 0.1) is 5.82 Å². The van der Waals surface area contributed by atoms with Gasteiger partial charge in [0.2, 0.25) is 0 Å². The van der Waals surface area contributed by atoms with Crippen LogP contribution in [-0.2, 0) is 13.0 Å². The Labute approximate surface area is 121 Å². The first-order valence-electron chi connectivity index (χ1n) is 6.44. The maximum atomic E-state index is 13.5. The van der Waals surface area contributed by atoms with Crippen LogP contribution in [-0.4, -0.2) is 14.8 Å². The fourth-order valence-electron chi connectivity index (χ4n) is 2.08. The normalized spacial score (nSPS) is 12.6. The van der Waals surface area contributed by atoms with Crippen molar-refractivity contribution in [2.24, 2.45) is 5.84 Å². The minimum Gasteiger partial charge on any atom is -0.271 e. The van der Waals surface area contributed by atoms with Crippen LogP contribution in [0.1, 0.15) is 30.8 Å². The molecule has 3 N–H and O–H groups in total. The molecule has 7 heteroatoms. The van der Waals surface area contributed by atoms with E-state index in [2.05, 4.69) is 22.4 Å². The summed E-state index contributed by atoms with van der Waals surface area (Å²) in [5, 5.41) is 4.24. The third-order valence-corrected chi connectivity index (χ3v) is 3.47. The van der Waals surface area contributed by atoms with E-state index in [4.69, 9.17) is 17.4 Å². The van der Waals surface area contributed by atoms with E-state index in [1.165, 1.54) is 12.4 Å². The second-order valence-corrected chi connectivity index (χ2v) is 4.84. The third kappa shape index (κ3) is 3.15. The Bertz CT molecular complexity index is 572. The summed E-state index contributed by atoms with van der Waals surface area (Å²) in [4.78, 5) is 4.22. The van der Waals surface area contributed by atoms with Crippen LogP contribution in [0.4, 0.5) is 4.39 Å². The van der Waals surface area contributed by atoms with Crippen molar-refractivity contribution in [2.45, 2.75) is 32.4 Å². The minimum absolute atomic E-state index is 0.0806. The first kappa shape index (κ1) is 14.9. The molecular formula is C13H17ClFN5. The molecule has 1 aromatic carbocycles. The zero-order chi connectivity index (χ0) is 14.5. The summed E-state index contributed by atoms with van der Waals surface area (Å²) >= 11 is 5.99. The summed E-state index contributed by atoms with van der Waals surface area (Å²) in [7, 11) is 0. The molecule has 2 rings (SSSR count). The summed E-state index contributed by atoms with van der Waals surface area (Å²) < 4.78 is 15.3. The summed E-state index contributed by atoms with van der Waals surface area (Å²) in [5.41, 5.74) is 3.27. The van der Waals surface area contributed by atoms with Gasteiger partial charge in [0.25, 0.3) is 0 Å². The number of nitrogens with zero attached hydrogens (tertiary/aromatic N) is 3. The number of halogens is 2. The van der Waals surface area contributed by atoms with Crippen LogP contribution < -0.4 is 11.3 Å². The molecular weight excluding hydrogens is 281 g/mol. The van der Waals surface area contributed by atoms with Gasteiger partial charge in [-0.2, -0.15) is 5.10 Å². The molecule has 0 amide bonds. The molecule has 1 aromatic heterocycles. The summed E-state index contributed by atoms with van der Waals surface area (Å²) in [6.07, 6.45) is 2.95. The lowest BCUT2D eigenvalue weighted by atomic mass is 10.0. The number of aromatic nitrogens is 3. The Morgan fingerprint density at radius 2 is 2.30 bits per heavy atom. The maximum absolute atomic E-state index is 13.5. The van der Waals surface area contributed by atoms with Crippen LogP contribution in [0.3, 0.4) is 0 Å². The smallest absolute Gasteiger partial charge is 0.142 e. The molecule has 1 unspecified atom stereocenters. The first-order valence-corrected chi connectivity index (χ1v) is 6.81. The molecule has 2 aromatic rings. The van der Waals surface area contributed by atoms with Gasteiger partial charge in [-0.3, -0.25) is 16.0 Å². The van der Waals surface area contributed by atoms with E-state index in [9.17, 15) is 4.39 Å². The lowest BCUT2D eigenvalue weighted by Gasteiger charge is -2.17. The molecule has 0 aliphatic carbocycles. The minimum atomic E-state index is -0.459. The van der Waals surface area contributed by atoms with Crippen LogP contribution in [0.5, 0.6) is 0 Å². The van der Waals surface area contributed by atoms with Crippen LogP contribution in [0.2, 0.25) is 5.02 Å². The Balaban J connectivity index is 2.24. The second kappa shape index (κ2) is 6.78. The predicted molar refractivity (Wildman–Crippen MR) is 75.5 cm³/mol. The molecule has 20 heavy (non-hydrogen) atoms. The van der Waals surface area contributed by atoms with Crippen molar-refractivity contribution in [3.63, 3.8) is 0 Å². The molecule has 0 aliphatic heterocycles. The van der Waals surface area contributed by atoms with Gasteiger partial charge in [-0.1, -0.05) is 30.7 Å². The quantitative estimate of drug-likeness (QED) is 0.634. The van der Waals surface area contributed by atoms with E-state index in [1.807, 2.05) is 4.68 Å². The molecule has 0 spiro atoms. The van der Waals surface area contributed by atoms with Crippen LogP contribution >= 0.6 is 11.6 Å². The molecule has 1 heterocycles. The van der Waals surface area contributed by atoms with Gasteiger partial charge in [-0.25, -0.2) is 9.37 Å². The van der Waals surface area contributed by atoms with Gasteiger partial charge >= 0.3 is 0 Å². The van der Waals surface area contributed by atoms with Crippen molar-refractivity contribution in [1.82, 2.24) is 20.2 Å². The predicted octanol–water partition coefficient (Wildman–Crippen LogP) is 2.23. The van der Waals surface area contributed by atoms with Crippen molar-refractivity contribution in [3.8, 4) is 0 Å². The molecule has 5 nitrogen and oxygen atoms in total. The monoisotopic (exact) mass is 297 g/mol. The Morgan fingerprint density at radius 1 is 1.50 bits per heavy atom. The van der Waals surface area contributed by atoms with Crippen molar-refractivity contribution in [2.75, 3.05) is 0 Å². The van der Waals surface area contributed by atoms with Crippen molar-refractivity contribution in [1.29, 1.82) is 0 Å². The van der Waals surface area contributed by atoms with Gasteiger partial charge in [0, 0.05) is 13.0 Å². The molecule has 0 saturated carbocycles. The number of nitrogens with one attached hydrogen (secondary N) is 1. The average Bonchev–Trinajstić information content (AvgIpc) is 2.87. The lowest BCUT2D eigenvalue weighted by Crippen LogP contribution is -2.31. The molecule has 0 aliphatic rings.